The summed E-state index contributed by atoms with van der Waals surface area (Å²) in [5, 5.41) is 8.96. The van der Waals surface area contributed by atoms with Crippen molar-refractivity contribution in [3.05, 3.63) is 0 Å². The average Bonchev–Trinajstić information content (AvgIpc) is 2.42. The van der Waals surface area contributed by atoms with Crippen LogP contribution in [0.4, 0.5) is 0 Å². The first-order valence-corrected chi connectivity index (χ1v) is 8.46. The van der Waals surface area contributed by atoms with Crippen LogP contribution >= 0.6 is 0 Å². The maximum absolute atomic E-state index is 10.9. The molecule has 1 aliphatic rings. The van der Waals surface area contributed by atoms with Gasteiger partial charge in [-0.2, -0.15) is 0 Å². The van der Waals surface area contributed by atoms with Crippen molar-refractivity contribution >= 4 is 5.97 Å². The monoisotopic (exact) mass is 268 g/mol. The third-order valence-corrected chi connectivity index (χ3v) is 4.66. The Balaban J connectivity index is 1.89. The number of unbranched alkanes of at least 4 members (excludes halogenated alkanes) is 7. The molecule has 1 saturated carbocycles. The summed E-state index contributed by atoms with van der Waals surface area (Å²) in [7, 11) is 0. The van der Waals surface area contributed by atoms with E-state index >= 15 is 0 Å². The van der Waals surface area contributed by atoms with E-state index in [4.69, 9.17) is 5.11 Å². The van der Waals surface area contributed by atoms with Crippen LogP contribution in [-0.2, 0) is 4.79 Å². The molecular formula is C17H32O2. The van der Waals surface area contributed by atoms with Gasteiger partial charge in [0.25, 0.3) is 0 Å². The Morgan fingerprint density at radius 1 is 0.895 bits per heavy atom. The molecule has 0 aliphatic heterocycles. The molecule has 19 heavy (non-hydrogen) atoms. The van der Waals surface area contributed by atoms with Crippen LogP contribution in [0.1, 0.15) is 90.4 Å². The first-order chi connectivity index (χ1) is 9.24. The summed E-state index contributed by atoms with van der Waals surface area (Å²) in [5.41, 5.74) is 0. The molecule has 1 N–H and O–H groups in total. The highest BCUT2D eigenvalue weighted by atomic mass is 16.4. The summed E-state index contributed by atoms with van der Waals surface area (Å²) in [6.45, 7) is 2.26. The van der Waals surface area contributed by atoms with Crippen molar-refractivity contribution in [1.82, 2.24) is 0 Å². The molecule has 0 unspecified atom stereocenters. The van der Waals surface area contributed by atoms with Crippen molar-refractivity contribution < 1.29 is 9.90 Å². The second-order valence-electron chi connectivity index (χ2n) is 6.32. The molecule has 0 atom stereocenters. The minimum Gasteiger partial charge on any atom is -0.481 e. The molecule has 2 heteroatoms. The van der Waals surface area contributed by atoms with Gasteiger partial charge in [0, 0.05) is 0 Å². The fourth-order valence-electron chi connectivity index (χ4n) is 3.26. The van der Waals surface area contributed by atoms with Gasteiger partial charge < -0.3 is 5.11 Å². The summed E-state index contributed by atoms with van der Waals surface area (Å²) in [5.74, 6) is 0.191. The third kappa shape index (κ3) is 7.59. The topological polar surface area (TPSA) is 37.3 Å². The summed E-state index contributed by atoms with van der Waals surface area (Å²) >= 11 is 0. The number of carbonyl (C=O) groups is 1. The van der Waals surface area contributed by atoms with Crippen molar-refractivity contribution in [1.29, 1.82) is 0 Å². The maximum Gasteiger partial charge on any atom is 0.306 e. The normalized spacial score (nSPS) is 23.4. The van der Waals surface area contributed by atoms with Crippen molar-refractivity contribution in [3.63, 3.8) is 0 Å². The van der Waals surface area contributed by atoms with Gasteiger partial charge in [0.15, 0.2) is 0 Å². The largest absolute Gasteiger partial charge is 0.481 e. The molecule has 0 radical (unpaired) electrons. The Hall–Kier alpha value is -0.530. The molecule has 0 saturated heterocycles. The van der Waals surface area contributed by atoms with E-state index in [9.17, 15) is 4.79 Å². The Morgan fingerprint density at radius 2 is 1.42 bits per heavy atom. The van der Waals surface area contributed by atoms with Crippen molar-refractivity contribution in [2.24, 2.45) is 11.8 Å². The summed E-state index contributed by atoms with van der Waals surface area (Å²) in [6, 6.07) is 0. The lowest BCUT2D eigenvalue weighted by Crippen LogP contribution is -2.21. The van der Waals surface area contributed by atoms with Gasteiger partial charge in [-0.05, 0) is 31.6 Å². The predicted octanol–water partition coefficient (Wildman–Crippen LogP) is 5.41. The number of hydrogen-bond acceptors (Lipinski definition) is 1. The Morgan fingerprint density at radius 3 is 1.95 bits per heavy atom. The first-order valence-electron chi connectivity index (χ1n) is 8.46. The lowest BCUT2D eigenvalue weighted by Gasteiger charge is -2.25. The highest BCUT2D eigenvalue weighted by molar-refractivity contribution is 5.69. The highest BCUT2D eigenvalue weighted by Crippen LogP contribution is 2.32. The fourth-order valence-corrected chi connectivity index (χ4v) is 3.26. The summed E-state index contributed by atoms with van der Waals surface area (Å²) in [6.07, 6.45) is 16.6. The minimum atomic E-state index is -0.578. The molecule has 0 spiro atoms. The van der Waals surface area contributed by atoms with E-state index in [1.54, 1.807) is 0 Å². The molecule has 0 heterocycles. The van der Waals surface area contributed by atoms with Gasteiger partial charge in [-0.25, -0.2) is 0 Å². The number of aliphatic carboxylic acids is 1. The highest BCUT2D eigenvalue weighted by Gasteiger charge is 2.25. The second-order valence-corrected chi connectivity index (χ2v) is 6.32. The standard InChI is InChI=1S/C17H32O2/c1-2-3-4-5-6-7-8-9-10-15-11-13-16(14-12-15)17(18)19/h15-16H,2-14H2,1H3,(H,18,19)/t15-,16-. The quantitative estimate of drug-likeness (QED) is 0.538. The van der Waals surface area contributed by atoms with E-state index in [0.29, 0.717) is 0 Å². The molecule has 1 aliphatic carbocycles. The van der Waals surface area contributed by atoms with E-state index in [1.165, 1.54) is 57.8 Å². The van der Waals surface area contributed by atoms with E-state index in [-0.39, 0.29) is 5.92 Å². The van der Waals surface area contributed by atoms with Crippen molar-refractivity contribution in [2.45, 2.75) is 90.4 Å². The van der Waals surface area contributed by atoms with Crippen LogP contribution < -0.4 is 0 Å². The van der Waals surface area contributed by atoms with Crippen LogP contribution in [0.15, 0.2) is 0 Å². The molecule has 0 amide bonds. The number of rotatable bonds is 10. The maximum atomic E-state index is 10.9. The third-order valence-electron chi connectivity index (χ3n) is 4.66. The SMILES string of the molecule is CCCCCCCCCC[C@H]1CC[C@H](C(=O)O)CC1. The van der Waals surface area contributed by atoms with Gasteiger partial charge in [-0.1, -0.05) is 64.7 Å². The lowest BCUT2D eigenvalue weighted by atomic mass is 9.80. The van der Waals surface area contributed by atoms with Crippen LogP contribution in [0.2, 0.25) is 0 Å². The van der Waals surface area contributed by atoms with E-state index in [0.717, 1.165) is 31.6 Å². The summed E-state index contributed by atoms with van der Waals surface area (Å²) in [4.78, 5) is 10.9. The van der Waals surface area contributed by atoms with E-state index in [2.05, 4.69) is 6.92 Å². The minimum absolute atomic E-state index is 0.0465. The molecule has 0 aromatic carbocycles. The van der Waals surface area contributed by atoms with Crippen LogP contribution in [0, 0.1) is 11.8 Å². The zero-order valence-electron chi connectivity index (χ0n) is 12.7. The van der Waals surface area contributed by atoms with Crippen LogP contribution in [-0.4, -0.2) is 11.1 Å². The summed E-state index contributed by atoms with van der Waals surface area (Å²) < 4.78 is 0. The van der Waals surface area contributed by atoms with Gasteiger partial charge in [-0.3, -0.25) is 4.79 Å². The molecule has 1 rings (SSSR count). The number of carboxylic acids is 1. The number of carboxylic acid groups (broad SMARTS) is 1. The molecule has 1 fully saturated rings. The Bertz CT molecular complexity index is 229. The number of hydrogen-bond donors (Lipinski definition) is 1. The van der Waals surface area contributed by atoms with Crippen molar-refractivity contribution in [3.8, 4) is 0 Å². The van der Waals surface area contributed by atoms with Gasteiger partial charge >= 0.3 is 5.97 Å². The van der Waals surface area contributed by atoms with E-state index in [1.807, 2.05) is 0 Å². The van der Waals surface area contributed by atoms with Gasteiger partial charge in [-0.15, -0.1) is 0 Å². The molecule has 2 nitrogen and oxygen atoms in total. The van der Waals surface area contributed by atoms with Crippen LogP contribution in [0.3, 0.4) is 0 Å². The molecular weight excluding hydrogens is 236 g/mol. The molecule has 0 bridgehead atoms. The lowest BCUT2D eigenvalue weighted by molar-refractivity contribution is -0.143. The predicted molar refractivity (Wildman–Crippen MR) is 80.3 cm³/mol. The van der Waals surface area contributed by atoms with Crippen LogP contribution in [0.5, 0.6) is 0 Å². The zero-order valence-corrected chi connectivity index (χ0v) is 12.7. The van der Waals surface area contributed by atoms with Gasteiger partial charge in [0.1, 0.15) is 0 Å². The Labute approximate surface area is 119 Å². The fraction of sp³-hybridized carbons (Fsp3) is 0.941. The smallest absolute Gasteiger partial charge is 0.306 e. The average molecular weight is 268 g/mol. The molecule has 112 valence electrons. The van der Waals surface area contributed by atoms with E-state index < -0.39 is 5.97 Å². The Kier molecular flexibility index (Phi) is 8.94. The van der Waals surface area contributed by atoms with Gasteiger partial charge in [0.2, 0.25) is 0 Å². The molecule has 0 aromatic heterocycles. The first kappa shape index (κ1) is 16.5. The zero-order chi connectivity index (χ0) is 13.9. The molecule has 0 aromatic rings. The van der Waals surface area contributed by atoms with Crippen molar-refractivity contribution in [2.75, 3.05) is 0 Å². The second kappa shape index (κ2) is 10.3. The van der Waals surface area contributed by atoms with Crippen LogP contribution in [0.25, 0.3) is 0 Å². The van der Waals surface area contributed by atoms with Gasteiger partial charge in [0.05, 0.1) is 5.92 Å².